The van der Waals surface area contributed by atoms with Crippen molar-refractivity contribution in [3.05, 3.63) is 86.6 Å². The summed E-state index contributed by atoms with van der Waals surface area (Å²) in [6.45, 7) is 2.95. The molecular weight excluding hydrogens is 418 g/mol. The summed E-state index contributed by atoms with van der Waals surface area (Å²) < 4.78 is 2.41. The van der Waals surface area contributed by atoms with E-state index in [4.69, 9.17) is 0 Å². The number of aryl methyl sites for hydroxylation is 2. The summed E-state index contributed by atoms with van der Waals surface area (Å²) in [5, 5.41) is 7.34. The molecule has 0 saturated carbocycles. The highest BCUT2D eigenvalue weighted by molar-refractivity contribution is 9.10. The molecule has 1 N–H and O–H groups in total. The van der Waals surface area contributed by atoms with Crippen LogP contribution >= 0.6 is 15.9 Å². The van der Waals surface area contributed by atoms with Crippen LogP contribution in [0.25, 0.3) is 11.3 Å². The first-order valence-electron chi connectivity index (χ1n) is 9.17. The zero-order valence-electron chi connectivity index (χ0n) is 15.7. The number of amides is 1. The molecule has 28 heavy (non-hydrogen) atoms. The summed E-state index contributed by atoms with van der Waals surface area (Å²) in [6, 6.07) is 19.1. The molecule has 3 aromatic rings. The van der Waals surface area contributed by atoms with Gasteiger partial charge in [-0.2, -0.15) is 5.10 Å². The fourth-order valence-corrected chi connectivity index (χ4v) is 3.03. The second-order valence-corrected chi connectivity index (χ2v) is 7.57. The topological polar surface area (TPSA) is 64.0 Å². The summed E-state index contributed by atoms with van der Waals surface area (Å²) in [4.78, 5) is 24.1. The zero-order valence-corrected chi connectivity index (χ0v) is 17.3. The van der Waals surface area contributed by atoms with Gasteiger partial charge in [-0.05, 0) is 37.1 Å². The van der Waals surface area contributed by atoms with Crippen molar-refractivity contribution in [2.45, 2.75) is 32.9 Å². The van der Waals surface area contributed by atoms with Crippen LogP contribution < -0.4 is 10.9 Å². The van der Waals surface area contributed by atoms with Crippen molar-refractivity contribution in [1.29, 1.82) is 0 Å². The minimum absolute atomic E-state index is 0.0299. The monoisotopic (exact) mass is 439 g/mol. The molecule has 0 spiro atoms. The van der Waals surface area contributed by atoms with Crippen LogP contribution in [0.15, 0.2) is 69.9 Å². The van der Waals surface area contributed by atoms with Crippen molar-refractivity contribution in [1.82, 2.24) is 15.1 Å². The minimum atomic E-state index is -0.166. The average Bonchev–Trinajstić information content (AvgIpc) is 2.70. The molecule has 6 heteroatoms. The van der Waals surface area contributed by atoms with E-state index < -0.39 is 0 Å². The predicted molar refractivity (Wildman–Crippen MR) is 114 cm³/mol. The van der Waals surface area contributed by atoms with Gasteiger partial charge < -0.3 is 5.32 Å². The van der Waals surface area contributed by atoms with Crippen LogP contribution in [0, 0.1) is 6.92 Å². The lowest BCUT2D eigenvalue weighted by Gasteiger charge is -2.08. The molecule has 1 heterocycles. The van der Waals surface area contributed by atoms with Crippen molar-refractivity contribution < 1.29 is 4.79 Å². The molecule has 0 radical (unpaired) electrons. The van der Waals surface area contributed by atoms with Crippen LogP contribution in [0.5, 0.6) is 0 Å². The van der Waals surface area contributed by atoms with Crippen LogP contribution in [-0.4, -0.2) is 15.7 Å². The number of benzene rings is 2. The number of hydrogen-bond donors (Lipinski definition) is 1. The summed E-state index contributed by atoms with van der Waals surface area (Å²) in [7, 11) is 0. The maximum atomic E-state index is 12.1. The Balaban J connectivity index is 1.53. The largest absolute Gasteiger partial charge is 0.352 e. The summed E-state index contributed by atoms with van der Waals surface area (Å²) >= 11 is 3.41. The van der Waals surface area contributed by atoms with Gasteiger partial charge in [0.05, 0.1) is 5.69 Å². The van der Waals surface area contributed by atoms with Crippen LogP contribution in [0.1, 0.15) is 24.0 Å². The van der Waals surface area contributed by atoms with E-state index in [1.54, 1.807) is 6.07 Å². The normalized spacial score (nSPS) is 10.6. The Morgan fingerprint density at radius 3 is 2.46 bits per heavy atom. The molecule has 0 bridgehead atoms. The molecule has 0 aliphatic rings. The lowest BCUT2D eigenvalue weighted by Crippen LogP contribution is -2.25. The van der Waals surface area contributed by atoms with Crippen molar-refractivity contribution in [3.8, 4) is 11.3 Å². The summed E-state index contributed by atoms with van der Waals surface area (Å²) in [5.74, 6) is -0.0299. The van der Waals surface area contributed by atoms with E-state index >= 15 is 0 Å². The Morgan fingerprint density at radius 2 is 1.75 bits per heavy atom. The second-order valence-electron chi connectivity index (χ2n) is 6.65. The molecule has 1 aromatic heterocycles. The number of rotatable bonds is 7. The molecule has 1 amide bonds. The molecule has 0 unspecified atom stereocenters. The SMILES string of the molecule is Cc1ccc(CNC(=O)CCCn2nc(-c3ccc(Br)cc3)ccc2=O)cc1. The molecule has 0 saturated heterocycles. The van der Waals surface area contributed by atoms with E-state index in [2.05, 4.69) is 26.3 Å². The molecular formula is C22H22BrN3O2. The number of nitrogens with one attached hydrogen (secondary N) is 1. The molecule has 2 aromatic carbocycles. The smallest absolute Gasteiger partial charge is 0.266 e. The van der Waals surface area contributed by atoms with E-state index in [0.717, 1.165) is 21.3 Å². The number of nitrogens with zero attached hydrogens (tertiary/aromatic N) is 2. The van der Waals surface area contributed by atoms with Gasteiger partial charge in [-0.25, -0.2) is 4.68 Å². The Morgan fingerprint density at radius 1 is 1.04 bits per heavy atom. The lowest BCUT2D eigenvalue weighted by molar-refractivity contribution is -0.121. The van der Waals surface area contributed by atoms with Gasteiger partial charge in [-0.3, -0.25) is 9.59 Å². The third-order valence-corrected chi connectivity index (χ3v) is 4.92. The van der Waals surface area contributed by atoms with E-state index in [-0.39, 0.29) is 11.5 Å². The minimum Gasteiger partial charge on any atom is -0.352 e. The zero-order chi connectivity index (χ0) is 19.9. The van der Waals surface area contributed by atoms with E-state index in [1.807, 2.05) is 55.5 Å². The van der Waals surface area contributed by atoms with Gasteiger partial charge in [-0.1, -0.05) is 57.9 Å². The molecule has 0 fully saturated rings. The standard InChI is InChI=1S/C22H22BrN3O2/c1-16-4-6-17(7-5-16)15-24-21(27)3-2-14-26-22(28)13-12-20(25-26)18-8-10-19(23)11-9-18/h4-13H,2-3,14-15H2,1H3,(H,24,27). The number of hydrogen-bond acceptors (Lipinski definition) is 3. The quantitative estimate of drug-likeness (QED) is 0.602. The molecule has 0 aliphatic carbocycles. The van der Waals surface area contributed by atoms with Gasteiger partial charge in [0.15, 0.2) is 0 Å². The molecule has 5 nitrogen and oxygen atoms in total. The van der Waals surface area contributed by atoms with Gasteiger partial charge in [0, 0.05) is 35.6 Å². The van der Waals surface area contributed by atoms with Crippen molar-refractivity contribution in [2.24, 2.45) is 0 Å². The fourth-order valence-electron chi connectivity index (χ4n) is 2.77. The molecule has 0 atom stereocenters. The summed E-state index contributed by atoms with van der Waals surface area (Å²) in [6.07, 6.45) is 0.902. The molecule has 0 aliphatic heterocycles. The highest BCUT2D eigenvalue weighted by atomic mass is 79.9. The van der Waals surface area contributed by atoms with Crippen molar-refractivity contribution >= 4 is 21.8 Å². The van der Waals surface area contributed by atoms with Gasteiger partial charge in [0.25, 0.3) is 5.56 Å². The number of aromatic nitrogens is 2. The Hall–Kier alpha value is -2.73. The molecule has 3 rings (SSSR count). The van der Waals surface area contributed by atoms with Crippen LogP contribution in [-0.2, 0) is 17.9 Å². The van der Waals surface area contributed by atoms with Crippen molar-refractivity contribution in [2.75, 3.05) is 0 Å². The first kappa shape index (κ1) is 20.0. The Bertz CT molecular complexity index is 996. The van der Waals surface area contributed by atoms with Crippen LogP contribution in [0.3, 0.4) is 0 Å². The summed E-state index contributed by atoms with van der Waals surface area (Å²) in [5.41, 5.74) is 3.77. The predicted octanol–water partition coefficient (Wildman–Crippen LogP) is 4.08. The van der Waals surface area contributed by atoms with Gasteiger partial charge in [-0.15, -0.1) is 0 Å². The van der Waals surface area contributed by atoms with Gasteiger partial charge in [0.2, 0.25) is 5.91 Å². The third kappa shape index (κ3) is 5.63. The number of halogens is 1. The van der Waals surface area contributed by atoms with E-state index in [1.165, 1.54) is 16.3 Å². The highest BCUT2D eigenvalue weighted by Crippen LogP contribution is 2.18. The second kappa shape index (κ2) is 9.46. The highest BCUT2D eigenvalue weighted by Gasteiger charge is 2.06. The lowest BCUT2D eigenvalue weighted by atomic mass is 10.1. The Labute approximate surface area is 172 Å². The maximum Gasteiger partial charge on any atom is 0.266 e. The average molecular weight is 440 g/mol. The maximum absolute atomic E-state index is 12.1. The fraction of sp³-hybridized carbons (Fsp3) is 0.227. The first-order valence-corrected chi connectivity index (χ1v) is 9.97. The Kier molecular flexibility index (Phi) is 6.76. The van der Waals surface area contributed by atoms with E-state index in [0.29, 0.717) is 25.9 Å². The van der Waals surface area contributed by atoms with E-state index in [9.17, 15) is 9.59 Å². The van der Waals surface area contributed by atoms with Gasteiger partial charge in [0.1, 0.15) is 0 Å². The molecule has 144 valence electrons. The third-order valence-electron chi connectivity index (χ3n) is 4.39. The van der Waals surface area contributed by atoms with Gasteiger partial charge >= 0.3 is 0 Å². The number of carbonyl (C=O) groups excluding carboxylic acids is 1. The first-order chi connectivity index (χ1) is 13.5. The van der Waals surface area contributed by atoms with Crippen LogP contribution in [0.2, 0.25) is 0 Å². The van der Waals surface area contributed by atoms with Crippen molar-refractivity contribution in [3.63, 3.8) is 0 Å². The van der Waals surface area contributed by atoms with Crippen LogP contribution in [0.4, 0.5) is 0 Å². The number of carbonyl (C=O) groups is 1.